The van der Waals surface area contributed by atoms with E-state index >= 15 is 0 Å². The molecule has 0 aliphatic carbocycles. The zero-order chi connectivity index (χ0) is 10.1. The van der Waals surface area contributed by atoms with Gasteiger partial charge in [0.05, 0.1) is 6.04 Å². The van der Waals surface area contributed by atoms with Crippen LogP contribution in [0.2, 0.25) is 0 Å². The van der Waals surface area contributed by atoms with Gasteiger partial charge in [0.15, 0.2) is 5.82 Å². The van der Waals surface area contributed by atoms with Gasteiger partial charge in [0.2, 0.25) is 0 Å². The Morgan fingerprint density at radius 3 is 2.93 bits per heavy atom. The number of aromatic nitrogens is 2. The molecule has 0 bridgehead atoms. The van der Waals surface area contributed by atoms with Gasteiger partial charge in [-0.2, -0.15) is 4.98 Å². The van der Waals surface area contributed by atoms with Crippen molar-refractivity contribution < 1.29 is 4.52 Å². The Hall–Kier alpha value is -0.720. The molecule has 14 heavy (non-hydrogen) atoms. The van der Waals surface area contributed by atoms with Crippen molar-refractivity contribution in [2.24, 2.45) is 0 Å². The lowest BCUT2D eigenvalue weighted by Gasteiger charge is -2.36. The molecule has 1 N–H and O–H groups in total. The van der Waals surface area contributed by atoms with E-state index in [1.54, 1.807) is 0 Å². The highest BCUT2D eigenvalue weighted by atomic mass is 32.1. The van der Waals surface area contributed by atoms with Gasteiger partial charge in [0.25, 0.3) is 0 Å². The Bertz CT molecular complexity index is 360. The van der Waals surface area contributed by atoms with Crippen molar-refractivity contribution in [1.29, 1.82) is 0 Å². The van der Waals surface area contributed by atoms with Gasteiger partial charge in [0, 0.05) is 19.6 Å². The van der Waals surface area contributed by atoms with Crippen molar-refractivity contribution in [2.75, 3.05) is 33.7 Å². The second kappa shape index (κ2) is 3.80. The highest BCUT2D eigenvalue weighted by molar-refractivity contribution is 7.71. The van der Waals surface area contributed by atoms with Crippen LogP contribution in [0, 0.1) is 4.84 Å². The Morgan fingerprint density at radius 1 is 1.50 bits per heavy atom. The first-order valence-corrected chi connectivity index (χ1v) is 5.02. The molecule has 0 amide bonds. The van der Waals surface area contributed by atoms with Crippen LogP contribution in [0.1, 0.15) is 11.9 Å². The molecule has 6 heteroatoms. The third-order valence-electron chi connectivity index (χ3n) is 2.62. The number of rotatable bonds is 1. The summed E-state index contributed by atoms with van der Waals surface area (Å²) in [4.78, 5) is 8.95. The molecule has 2 heterocycles. The molecule has 1 aliphatic heterocycles. The minimum absolute atomic E-state index is 0.259. The lowest BCUT2D eigenvalue weighted by molar-refractivity contribution is 0.108. The zero-order valence-corrected chi connectivity index (χ0v) is 9.17. The van der Waals surface area contributed by atoms with Crippen molar-refractivity contribution >= 4 is 12.2 Å². The first kappa shape index (κ1) is 9.82. The summed E-state index contributed by atoms with van der Waals surface area (Å²) >= 11 is 4.83. The summed E-state index contributed by atoms with van der Waals surface area (Å²) in [5.74, 6) is 0.823. The molecule has 1 saturated heterocycles. The third-order valence-corrected chi connectivity index (χ3v) is 2.80. The fraction of sp³-hybridized carbons (Fsp3) is 0.750. The Morgan fingerprint density at radius 2 is 2.29 bits per heavy atom. The van der Waals surface area contributed by atoms with Crippen LogP contribution in [0.5, 0.6) is 0 Å². The molecular formula is C8H14N4OS. The molecular weight excluding hydrogens is 200 g/mol. The maximum Gasteiger partial charge on any atom is 0.314 e. The molecule has 5 nitrogen and oxygen atoms in total. The molecule has 1 aromatic rings. The summed E-state index contributed by atoms with van der Waals surface area (Å²) < 4.78 is 4.93. The number of aromatic amines is 1. The molecule has 0 aromatic carbocycles. The minimum atomic E-state index is 0.259. The normalized spacial score (nSPS) is 25.4. The average Bonchev–Trinajstić information content (AvgIpc) is 2.56. The topological polar surface area (TPSA) is 48.3 Å². The second-order valence-electron chi connectivity index (χ2n) is 3.73. The predicted octanol–water partition coefficient (Wildman–Crippen LogP) is 0.650. The van der Waals surface area contributed by atoms with Crippen molar-refractivity contribution in [1.82, 2.24) is 19.9 Å². The summed E-state index contributed by atoms with van der Waals surface area (Å²) in [7, 11) is 4.19. The Kier molecular flexibility index (Phi) is 2.66. The number of nitrogens with one attached hydrogen (secondary N) is 1. The van der Waals surface area contributed by atoms with E-state index in [0.29, 0.717) is 0 Å². The monoisotopic (exact) mass is 214 g/mol. The van der Waals surface area contributed by atoms with Gasteiger partial charge < -0.3 is 9.42 Å². The number of likely N-dealkylation sites (N-methyl/N-ethyl adjacent to an activating group) is 2. The molecule has 1 unspecified atom stereocenters. The van der Waals surface area contributed by atoms with E-state index in [-0.39, 0.29) is 10.9 Å². The maximum absolute atomic E-state index is 4.93. The molecule has 0 saturated carbocycles. The standard InChI is InChI=1S/C8H14N4OS/c1-11-3-4-12(2)6(5-11)7-9-8(14)13-10-7/h6H,3-5H2,1-2H3,(H,9,10,14). The van der Waals surface area contributed by atoms with Crippen LogP contribution >= 0.6 is 12.2 Å². The molecule has 1 fully saturated rings. The summed E-state index contributed by atoms with van der Waals surface area (Å²) in [6.45, 7) is 3.08. The maximum atomic E-state index is 4.93. The predicted molar refractivity (Wildman–Crippen MR) is 54.6 cm³/mol. The smallest absolute Gasteiger partial charge is 0.314 e. The number of hydrogen-bond acceptors (Lipinski definition) is 5. The van der Waals surface area contributed by atoms with Crippen molar-refractivity contribution in [3.05, 3.63) is 10.7 Å². The highest BCUT2D eigenvalue weighted by Crippen LogP contribution is 2.19. The van der Waals surface area contributed by atoms with E-state index in [1.165, 1.54) is 0 Å². The largest absolute Gasteiger partial charge is 0.348 e. The van der Waals surface area contributed by atoms with Crippen molar-refractivity contribution in [3.63, 3.8) is 0 Å². The highest BCUT2D eigenvalue weighted by Gasteiger charge is 2.26. The van der Waals surface area contributed by atoms with Gasteiger partial charge in [0.1, 0.15) is 0 Å². The van der Waals surface area contributed by atoms with Gasteiger partial charge in [-0.05, 0) is 26.3 Å². The van der Waals surface area contributed by atoms with Crippen LogP contribution in [0.4, 0.5) is 0 Å². The van der Waals surface area contributed by atoms with E-state index in [4.69, 9.17) is 16.7 Å². The summed E-state index contributed by atoms with van der Waals surface area (Å²) in [6, 6.07) is 0.259. The minimum Gasteiger partial charge on any atom is -0.348 e. The molecule has 1 atom stereocenters. The molecule has 1 aromatic heterocycles. The van der Waals surface area contributed by atoms with Crippen LogP contribution in [0.3, 0.4) is 0 Å². The van der Waals surface area contributed by atoms with Crippen LogP contribution < -0.4 is 0 Å². The van der Waals surface area contributed by atoms with E-state index in [9.17, 15) is 0 Å². The molecule has 0 spiro atoms. The van der Waals surface area contributed by atoms with Gasteiger partial charge in [-0.25, -0.2) is 5.16 Å². The van der Waals surface area contributed by atoms with Crippen molar-refractivity contribution in [2.45, 2.75) is 6.04 Å². The number of nitrogens with zero attached hydrogens (tertiary/aromatic N) is 3. The first-order chi connectivity index (χ1) is 6.66. The summed E-state index contributed by atoms with van der Waals surface area (Å²) in [5, 5.41) is 2.77. The fourth-order valence-corrected chi connectivity index (χ4v) is 1.83. The zero-order valence-electron chi connectivity index (χ0n) is 8.36. The fourth-order valence-electron chi connectivity index (χ4n) is 1.69. The number of hydrogen-bond donors (Lipinski definition) is 1. The molecule has 2 rings (SSSR count). The van der Waals surface area contributed by atoms with E-state index in [0.717, 1.165) is 25.5 Å². The summed E-state index contributed by atoms with van der Waals surface area (Å²) in [5.41, 5.74) is 0. The summed E-state index contributed by atoms with van der Waals surface area (Å²) in [6.07, 6.45) is 0. The lowest BCUT2D eigenvalue weighted by atomic mass is 10.2. The third kappa shape index (κ3) is 1.87. The van der Waals surface area contributed by atoms with E-state index in [1.807, 2.05) is 0 Å². The Balaban J connectivity index is 2.19. The van der Waals surface area contributed by atoms with E-state index in [2.05, 4.69) is 34.0 Å². The van der Waals surface area contributed by atoms with Gasteiger partial charge >= 0.3 is 4.84 Å². The van der Waals surface area contributed by atoms with Crippen LogP contribution in [-0.2, 0) is 0 Å². The number of H-pyrrole nitrogens is 1. The van der Waals surface area contributed by atoms with E-state index < -0.39 is 0 Å². The quantitative estimate of drug-likeness (QED) is 0.696. The van der Waals surface area contributed by atoms with Gasteiger partial charge in [-0.3, -0.25) is 4.90 Å². The van der Waals surface area contributed by atoms with Crippen LogP contribution in [0.15, 0.2) is 4.52 Å². The number of piperazine rings is 1. The van der Waals surface area contributed by atoms with Crippen LogP contribution in [-0.4, -0.2) is 53.7 Å². The van der Waals surface area contributed by atoms with Gasteiger partial charge in [-0.15, -0.1) is 0 Å². The first-order valence-electron chi connectivity index (χ1n) is 4.61. The SMILES string of the molecule is CN1CCN(C)C(c2nc(=S)o[nH]2)C1. The Labute approximate surface area is 87.7 Å². The lowest BCUT2D eigenvalue weighted by Crippen LogP contribution is -2.45. The average molecular weight is 214 g/mol. The molecule has 1 aliphatic rings. The molecule has 78 valence electrons. The van der Waals surface area contributed by atoms with Gasteiger partial charge in [-0.1, -0.05) is 0 Å². The van der Waals surface area contributed by atoms with Crippen LogP contribution in [0.25, 0.3) is 0 Å². The van der Waals surface area contributed by atoms with Crippen molar-refractivity contribution in [3.8, 4) is 0 Å². The second-order valence-corrected chi connectivity index (χ2v) is 4.07. The molecule has 0 radical (unpaired) electrons.